The summed E-state index contributed by atoms with van der Waals surface area (Å²) in [6.45, 7) is 0. The summed E-state index contributed by atoms with van der Waals surface area (Å²) in [5.74, 6) is -0.0135. The molecule has 0 aliphatic heterocycles. The summed E-state index contributed by atoms with van der Waals surface area (Å²) in [5.41, 5.74) is 2.16. The number of halogens is 1. The van der Waals surface area contributed by atoms with Gasteiger partial charge in [0.05, 0.1) is 5.75 Å². The van der Waals surface area contributed by atoms with Crippen molar-refractivity contribution in [2.75, 3.05) is 0 Å². The Morgan fingerprint density at radius 2 is 2.07 bits per heavy atom. The van der Waals surface area contributed by atoms with E-state index < -0.39 is 9.05 Å². The van der Waals surface area contributed by atoms with Gasteiger partial charge < -0.3 is 0 Å². The Labute approximate surface area is 92.3 Å². The van der Waals surface area contributed by atoms with Crippen LogP contribution < -0.4 is 0 Å². The summed E-state index contributed by atoms with van der Waals surface area (Å²) in [7, 11) is 1.84. The van der Waals surface area contributed by atoms with Gasteiger partial charge in [0.25, 0.3) is 0 Å². The first kappa shape index (κ1) is 10.5. The zero-order chi connectivity index (χ0) is 10.2. The van der Waals surface area contributed by atoms with E-state index in [0.29, 0.717) is 0 Å². The minimum atomic E-state index is -3.40. The van der Waals surface area contributed by atoms with Gasteiger partial charge in [-0.2, -0.15) is 0 Å². The predicted octanol–water partition coefficient (Wildman–Crippen LogP) is 2.70. The lowest BCUT2D eigenvalue weighted by Crippen LogP contribution is -2.03. The fraction of sp³-hybridized carbons (Fsp3) is 0.556. The molecule has 0 spiro atoms. The fourth-order valence-corrected chi connectivity index (χ4v) is 4.10. The quantitative estimate of drug-likeness (QED) is 0.757. The minimum absolute atomic E-state index is 0.0135. The van der Waals surface area contributed by atoms with E-state index in [1.54, 1.807) is 11.3 Å². The molecule has 0 atom stereocenters. The average molecular weight is 251 g/mol. The van der Waals surface area contributed by atoms with Gasteiger partial charge in [-0.1, -0.05) is 0 Å². The molecular formula is C9H11ClO2S2. The van der Waals surface area contributed by atoms with Crippen LogP contribution in [0, 0.1) is 0 Å². The Bertz CT molecular complexity index is 434. The highest BCUT2D eigenvalue weighted by Crippen LogP contribution is 2.31. The Kier molecular flexibility index (Phi) is 2.86. The summed E-state index contributed by atoms with van der Waals surface area (Å²) in [4.78, 5) is 1.35. The van der Waals surface area contributed by atoms with Gasteiger partial charge in [0.2, 0.25) is 9.05 Å². The highest BCUT2D eigenvalue weighted by Gasteiger charge is 2.18. The maximum absolute atomic E-state index is 11.0. The van der Waals surface area contributed by atoms with Crippen LogP contribution in [0.1, 0.15) is 28.8 Å². The summed E-state index contributed by atoms with van der Waals surface area (Å²) in [5, 5.41) is 1.94. The lowest BCUT2D eigenvalue weighted by atomic mass is 9.97. The Hall–Kier alpha value is -0.0600. The molecule has 0 saturated heterocycles. The molecule has 2 nitrogen and oxygen atoms in total. The van der Waals surface area contributed by atoms with Crippen LogP contribution in [0.3, 0.4) is 0 Å². The zero-order valence-electron chi connectivity index (χ0n) is 7.62. The molecule has 5 heteroatoms. The highest BCUT2D eigenvalue weighted by molar-refractivity contribution is 8.13. The molecule has 0 saturated carbocycles. The molecule has 1 aromatic rings. The molecule has 2 rings (SSSR count). The van der Waals surface area contributed by atoms with Crippen LogP contribution in [-0.4, -0.2) is 8.42 Å². The smallest absolute Gasteiger partial charge is 0.212 e. The number of fused-ring (bicyclic) bond motifs is 1. The normalized spacial score (nSPS) is 16.6. The summed E-state index contributed by atoms with van der Waals surface area (Å²) in [6, 6.07) is 0. The van der Waals surface area contributed by atoms with Crippen molar-refractivity contribution in [2.45, 2.75) is 31.4 Å². The second-order valence-corrected chi connectivity index (χ2v) is 7.29. The standard InChI is InChI=1S/C9H11ClO2S2/c10-14(11,12)6-7-5-13-9-4-2-1-3-8(7)9/h5H,1-4,6H2. The maximum Gasteiger partial charge on any atom is 0.236 e. The predicted molar refractivity (Wildman–Crippen MR) is 59.4 cm³/mol. The van der Waals surface area contributed by atoms with E-state index in [0.717, 1.165) is 18.4 Å². The topological polar surface area (TPSA) is 34.1 Å². The first-order chi connectivity index (χ1) is 6.56. The number of aryl methyl sites for hydroxylation is 1. The molecule has 0 amide bonds. The molecular weight excluding hydrogens is 240 g/mol. The van der Waals surface area contributed by atoms with Crippen LogP contribution in [0.2, 0.25) is 0 Å². The van der Waals surface area contributed by atoms with Crippen LogP contribution >= 0.6 is 22.0 Å². The van der Waals surface area contributed by atoms with Gasteiger partial charge >= 0.3 is 0 Å². The van der Waals surface area contributed by atoms with E-state index in [9.17, 15) is 8.42 Å². The van der Waals surface area contributed by atoms with Crippen molar-refractivity contribution in [1.82, 2.24) is 0 Å². The van der Waals surface area contributed by atoms with Crippen molar-refractivity contribution >= 4 is 31.1 Å². The first-order valence-electron chi connectivity index (χ1n) is 4.57. The van der Waals surface area contributed by atoms with Crippen LogP contribution in [0.25, 0.3) is 0 Å². The van der Waals surface area contributed by atoms with Crippen molar-refractivity contribution in [3.63, 3.8) is 0 Å². The molecule has 78 valence electrons. The summed E-state index contributed by atoms with van der Waals surface area (Å²) < 4.78 is 21.9. The third-order valence-corrected chi connectivity index (χ3v) is 4.60. The molecule has 0 fully saturated rings. The monoisotopic (exact) mass is 250 g/mol. The van der Waals surface area contributed by atoms with E-state index >= 15 is 0 Å². The summed E-state index contributed by atoms with van der Waals surface area (Å²) >= 11 is 1.67. The van der Waals surface area contributed by atoms with Crippen LogP contribution in [0.5, 0.6) is 0 Å². The van der Waals surface area contributed by atoms with Crippen LogP contribution in [-0.2, 0) is 27.6 Å². The lowest BCUT2D eigenvalue weighted by Gasteiger charge is -2.11. The molecule has 0 radical (unpaired) electrons. The van der Waals surface area contributed by atoms with Gasteiger partial charge in [-0.3, -0.25) is 0 Å². The average Bonchev–Trinajstić information content (AvgIpc) is 2.47. The molecule has 0 bridgehead atoms. The third kappa shape index (κ3) is 2.30. The van der Waals surface area contributed by atoms with E-state index in [1.165, 1.54) is 23.3 Å². The van der Waals surface area contributed by atoms with Crippen molar-refractivity contribution in [2.24, 2.45) is 0 Å². The first-order valence-corrected chi connectivity index (χ1v) is 7.92. The molecule has 14 heavy (non-hydrogen) atoms. The maximum atomic E-state index is 11.0. The second-order valence-electron chi connectivity index (χ2n) is 3.55. The summed E-state index contributed by atoms with van der Waals surface area (Å²) in [6.07, 6.45) is 4.50. The number of thiophene rings is 1. The number of rotatable bonds is 2. The molecule has 1 heterocycles. The molecule has 1 aliphatic rings. The van der Waals surface area contributed by atoms with Gasteiger partial charge in [0.15, 0.2) is 0 Å². The highest BCUT2D eigenvalue weighted by atomic mass is 35.7. The zero-order valence-corrected chi connectivity index (χ0v) is 10.0. The number of hydrogen-bond donors (Lipinski definition) is 0. The van der Waals surface area contributed by atoms with Crippen molar-refractivity contribution in [3.8, 4) is 0 Å². The van der Waals surface area contributed by atoms with Crippen molar-refractivity contribution < 1.29 is 8.42 Å². The molecule has 1 aromatic heterocycles. The molecule has 0 aromatic carbocycles. The second kappa shape index (κ2) is 3.83. The van der Waals surface area contributed by atoms with E-state index in [4.69, 9.17) is 10.7 Å². The van der Waals surface area contributed by atoms with Gasteiger partial charge in [-0.25, -0.2) is 8.42 Å². The Balaban J connectivity index is 2.31. The van der Waals surface area contributed by atoms with Gasteiger partial charge in [-0.05, 0) is 42.2 Å². The minimum Gasteiger partial charge on any atom is -0.212 e. The Morgan fingerprint density at radius 1 is 1.36 bits per heavy atom. The SMILES string of the molecule is O=S(=O)(Cl)Cc1csc2c1CCCC2. The van der Waals surface area contributed by atoms with Crippen molar-refractivity contribution in [1.29, 1.82) is 0 Å². The van der Waals surface area contributed by atoms with E-state index in [-0.39, 0.29) is 5.75 Å². The van der Waals surface area contributed by atoms with Gasteiger partial charge in [0, 0.05) is 15.6 Å². The molecule has 0 unspecified atom stereocenters. The van der Waals surface area contributed by atoms with E-state index in [2.05, 4.69) is 0 Å². The van der Waals surface area contributed by atoms with E-state index in [1.807, 2.05) is 5.38 Å². The molecule has 0 N–H and O–H groups in total. The largest absolute Gasteiger partial charge is 0.236 e. The third-order valence-electron chi connectivity index (χ3n) is 2.48. The van der Waals surface area contributed by atoms with Crippen LogP contribution in [0.15, 0.2) is 5.38 Å². The number of hydrogen-bond acceptors (Lipinski definition) is 3. The Morgan fingerprint density at radius 3 is 2.79 bits per heavy atom. The molecule has 1 aliphatic carbocycles. The van der Waals surface area contributed by atoms with Gasteiger partial charge in [0.1, 0.15) is 0 Å². The van der Waals surface area contributed by atoms with Crippen LogP contribution in [0.4, 0.5) is 0 Å². The fourth-order valence-electron chi connectivity index (χ4n) is 1.87. The lowest BCUT2D eigenvalue weighted by molar-refractivity contribution is 0.608. The van der Waals surface area contributed by atoms with Gasteiger partial charge in [-0.15, -0.1) is 11.3 Å². The van der Waals surface area contributed by atoms with Crippen molar-refractivity contribution in [3.05, 3.63) is 21.4 Å².